The highest BCUT2D eigenvalue weighted by molar-refractivity contribution is 7.71. The van der Waals surface area contributed by atoms with Crippen LogP contribution in [-0.4, -0.2) is 16.5 Å². The van der Waals surface area contributed by atoms with E-state index in [1.165, 1.54) is 5.56 Å². The third-order valence-electron chi connectivity index (χ3n) is 2.76. The van der Waals surface area contributed by atoms with E-state index in [9.17, 15) is 0 Å². The molecule has 0 radical (unpaired) electrons. The zero-order chi connectivity index (χ0) is 11.0. The molecule has 1 aliphatic rings. The van der Waals surface area contributed by atoms with Gasteiger partial charge in [0.2, 0.25) is 0 Å². The van der Waals surface area contributed by atoms with Gasteiger partial charge in [-0.3, -0.25) is 0 Å². The Morgan fingerprint density at radius 3 is 2.81 bits per heavy atom. The van der Waals surface area contributed by atoms with Crippen LogP contribution in [0.15, 0.2) is 30.3 Å². The van der Waals surface area contributed by atoms with Gasteiger partial charge in [-0.25, -0.2) is 4.98 Å². The van der Waals surface area contributed by atoms with Crippen LogP contribution in [0, 0.1) is 4.77 Å². The Bertz CT molecular complexity index is 575. The first-order valence-electron chi connectivity index (χ1n) is 5.27. The Balaban J connectivity index is 2.25. The molecule has 0 atom stereocenters. The number of hydrogen-bond acceptors (Lipinski definition) is 3. The van der Waals surface area contributed by atoms with Crippen molar-refractivity contribution >= 4 is 18.0 Å². The molecule has 0 aliphatic carbocycles. The van der Waals surface area contributed by atoms with Crippen LogP contribution in [0.2, 0.25) is 0 Å². The van der Waals surface area contributed by atoms with Gasteiger partial charge in [-0.15, -0.1) is 0 Å². The van der Waals surface area contributed by atoms with Crippen molar-refractivity contribution in [2.75, 3.05) is 11.9 Å². The van der Waals surface area contributed by atoms with Gasteiger partial charge in [0.1, 0.15) is 5.82 Å². The second-order valence-corrected chi connectivity index (χ2v) is 4.17. The average molecular weight is 229 g/mol. The number of rotatable bonds is 1. The van der Waals surface area contributed by atoms with Crippen molar-refractivity contribution in [1.29, 1.82) is 0 Å². The largest absolute Gasteiger partial charge is 0.369 e. The molecule has 0 unspecified atom stereocenters. The van der Waals surface area contributed by atoms with Crippen molar-refractivity contribution in [3.8, 4) is 11.3 Å². The number of fused-ring (bicyclic) bond motifs is 1. The maximum absolute atomic E-state index is 5.13. The Hall–Kier alpha value is -1.68. The second kappa shape index (κ2) is 3.72. The Morgan fingerprint density at radius 2 is 2.00 bits per heavy atom. The lowest BCUT2D eigenvalue weighted by Crippen LogP contribution is -1.95. The van der Waals surface area contributed by atoms with E-state index in [1.54, 1.807) is 0 Å². The van der Waals surface area contributed by atoms with E-state index >= 15 is 0 Å². The zero-order valence-electron chi connectivity index (χ0n) is 8.66. The van der Waals surface area contributed by atoms with E-state index in [4.69, 9.17) is 12.2 Å². The van der Waals surface area contributed by atoms with Crippen LogP contribution in [0.3, 0.4) is 0 Å². The lowest BCUT2D eigenvalue weighted by Gasteiger charge is -2.07. The molecular weight excluding hydrogens is 218 g/mol. The first kappa shape index (κ1) is 9.54. The highest BCUT2D eigenvalue weighted by Crippen LogP contribution is 2.29. The Labute approximate surface area is 98.6 Å². The lowest BCUT2D eigenvalue weighted by atomic mass is 10.1. The standard InChI is InChI=1S/C12H11N3S/c16-12-14-10(8-4-2-1-3-5-8)9-6-7-13-11(9)15-12/h1-5H,6-7H2,(H2,13,14,15,16). The molecule has 0 bridgehead atoms. The van der Waals surface area contributed by atoms with Crippen LogP contribution in [0.4, 0.5) is 5.82 Å². The zero-order valence-corrected chi connectivity index (χ0v) is 9.47. The number of benzene rings is 1. The predicted molar refractivity (Wildman–Crippen MR) is 67.1 cm³/mol. The maximum Gasteiger partial charge on any atom is 0.199 e. The summed E-state index contributed by atoms with van der Waals surface area (Å²) in [4.78, 5) is 7.48. The average Bonchev–Trinajstić information content (AvgIpc) is 2.77. The van der Waals surface area contributed by atoms with Crippen molar-refractivity contribution in [3.05, 3.63) is 40.7 Å². The fourth-order valence-corrected chi connectivity index (χ4v) is 2.24. The number of H-pyrrole nitrogens is 1. The molecule has 0 amide bonds. The van der Waals surface area contributed by atoms with Gasteiger partial charge in [-0.05, 0) is 24.2 Å². The van der Waals surface area contributed by atoms with Crippen LogP contribution in [0.5, 0.6) is 0 Å². The topological polar surface area (TPSA) is 40.7 Å². The Kier molecular flexibility index (Phi) is 2.22. The summed E-state index contributed by atoms with van der Waals surface area (Å²) >= 11 is 5.13. The van der Waals surface area contributed by atoms with Gasteiger partial charge in [0.15, 0.2) is 4.77 Å². The molecule has 1 aromatic heterocycles. The van der Waals surface area contributed by atoms with E-state index in [0.29, 0.717) is 4.77 Å². The van der Waals surface area contributed by atoms with Crippen LogP contribution in [0.25, 0.3) is 11.3 Å². The van der Waals surface area contributed by atoms with E-state index in [1.807, 2.05) is 18.2 Å². The van der Waals surface area contributed by atoms with Gasteiger partial charge in [0.05, 0.1) is 5.69 Å². The second-order valence-electron chi connectivity index (χ2n) is 3.79. The smallest absolute Gasteiger partial charge is 0.199 e. The highest BCUT2D eigenvalue weighted by atomic mass is 32.1. The van der Waals surface area contributed by atoms with Gasteiger partial charge >= 0.3 is 0 Å². The fourth-order valence-electron chi connectivity index (χ4n) is 2.04. The molecule has 0 saturated carbocycles. The minimum Gasteiger partial charge on any atom is -0.369 e. The molecule has 2 N–H and O–H groups in total. The summed E-state index contributed by atoms with van der Waals surface area (Å²) in [7, 11) is 0. The Morgan fingerprint density at radius 1 is 1.19 bits per heavy atom. The summed E-state index contributed by atoms with van der Waals surface area (Å²) in [6.07, 6.45) is 0.999. The van der Waals surface area contributed by atoms with Crippen molar-refractivity contribution in [2.45, 2.75) is 6.42 Å². The summed E-state index contributed by atoms with van der Waals surface area (Å²) in [6.45, 7) is 0.939. The lowest BCUT2D eigenvalue weighted by molar-refractivity contribution is 1.08. The van der Waals surface area contributed by atoms with Gasteiger partial charge in [-0.2, -0.15) is 0 Å². The number of nitrogens with zero attached hydrogens (tertiary/aromatic N) is 1. The van der Waals surface area contributed by atoms with E-state index in [-0.39, 0.29) is 0 Å². The minimum absolute atomic E-state index is 0.534. The number of hydrogen-bond donors (Lipinski definition) is 2. The van der Waals surface area contributed by atoms with Crippen molar-refractivity contribution < 1.29 is 0 Å². The molecule has 4 heteroatoms. The predicted octanol–water partition coefficient (Wildman–Crippen LogP) is 2.77. The quantitative estimate of drug-likeness (QED) is 0.739. The highest BCUT2D eigenvalue weighted by Gasteiger charge is 2.17. The van der Waals surface area contributed by atoms with Crippen LogP contribution in [-0.2, 0) is 6.42 Å². The van der Waals surface area contributed by atoms with E-state index in [0.717, 1.165) is 30.0 Å². The first-order valence-corrected chi connectivity index (χ1v) is 5.68. The number of aromatic nitrogens is 2. The molecule has 2 heterocycles. The molecule has 0 fully saturated rings. The maximum atomic E-state index is 5.13. The molecule has 2 aromatic rings. The van der Waals surface area contributed by atoms with Crippen LogP contribution >= 0.6 is 12.2 Å². The molecule has 3 nitrogen and oxygen atoms in total. The third-order valence-corrected chi connectivity index (χ3v) is 2.96. The summed E-state index contributed by atoms with van der Waals surface area (Å²) < 4.78 is 0.534. The normalized spacial score (nSPS) is 13.2. The van der Waals surface area contributed by atoms with Crippen LogP contribution < -0.4 is 5.32 Å². The fraction of sp³-hybridized carbons (Fsp3) is 0.167. The number of nitrogens with one attached hydrogen (secondary N) is 2. The SMILES string of the molecule is S=c1nc2c(c(-c3ccccc3)[nH]1)CCN2. The monoisotopic (exact) mass is 229 g/mol. The molecule has 80 valence electrons. The summed E-state index contributed by atoms with van der Waals surface area (Å²) in [5, 5.41) is 3.25. The van der Waals surface area contributed by atoms with Crippen molar-refractivity contribution in [2.24, 2.45) is 0 Å². The number of aromatic amines is 1. The summed E-state index contributed by atoms with van der Waals surface area (Å²) in [5.41, 5.74) is 3.50. The number of anilines is 1. The summed E-state index contributed by atoms with van der Waals surface area (Å²) in [6, 6.07) is 10.2. The van der Waals surface area contributed by atoms with E-state index in [2.05, 4.69) is 27.4 Å². The molecule has 0 spiro atoms. The van der Waals surface area contributed by atoms with Crippen LogP contribution in [0.1, 0.15) is 5.56 Å². The first-order chi connectivity index (χ1) is 7.84. The molecule has 1 aliphatic heterocycles. The molecule has 16 heavy (non-hydrogen) atoms. The molecular formula is C12H11N3S. The van der Waals surface area contributed by atoms with Crippen molar-refractivity contribution in [1.82, 2.24) is 9.97 Å². The third kappa shape index (κ3) is 1.51. The van der Waals surface area contributed by atoms with Crippen molar-refractivity contribution in [3.63, 3.8) is 0 Å². The van der Waals surface area contributed by atoms with Gasteiger partial charge in [0, 0.05) is 12.1 Å². The molecule has 1 aromatic carbocycles. The summed E-state index contributed by atoms with van der Waals surface area (Å²) in [5.74, 6) is 0.933. The van der Waals surface area contributed by atoms with Gasteiger partial charge in [-0.1, -0.05) is 30.3 Å². The molecule has 3 rings (SSSR count). The van der Waals surface area contributed by atoms with Gasteiger partial charge in [0.25, 0.3) is 0 Å². The molecule has 0 saturated heterocycles. The minimum atomic E-state index is 0.534. The van der Waals surface area contributed by atoms with Gasteiger partial charge < -0.3 is 10.3 Å². The van der Waals surface area contributed by atoms with E-state index < -0.39 is 0 Å².